The largest absolute Gasteiger partial charge is 0.398 e. The van der Waals surface area contributed by atoms with E-state index >= 15 is 0 Å². The van der Waals surface area contributed by atoms with Gasteiger partial charge >= 0.3 is 0 Å². The van der Waals surface area contributed by atoms with E-state index in [-0.39, 0.29) is 0 Å². The van der Waals surface area contributed by atoms with E-state index in [0.717, 1.165) is 26.8 Å². The number of nitrogens with zero attached hydrogens (tertiary/aromatic N) is 1. The number of benzene rings is 1. The summed E-state index contributed by atoms with van der Waals surface area (Å²) >= 11 is 3.45. The molecule has 0 bridgehead atoms. The molecule has 3 nitrogen and oxygen atoms in total. The van der Waals surface area contributed by atoms with E-state index in [0.29, 0.717) is 6.04 Å². The van der Waals surface area contributed by atoms with Crippen LogP contribution in [0.3, 0.4) is 0 Å². The van der Waals surface area contributed by atoms with Crippen LogP contribution in [0.4, 0.5) is 11.4 Å². The summed E-state index contributed by atoms with van der Waals surface area (Å²) in [6.45, 7) is 4.45. The monoisotopic (exact) mass is 335 g/mol. The fraction of sp³-hybridized carbons (Fsp3) is 0.438. The van der Waals surface area contributed by atoms with Gasteiger partial charge in [-0.25, -0.2) is 0 Å². The Labute approximate surface area is 129 Å². The quantitative estimate of drug-likeness (QED) is 0.579. The van der Waals surface area contributed by atoms with E-state index in [2.05, 4.69) is 40.1 Å². The van der Waals surface area contributed by atoms with Gasteiger partial charge in [-0.1, -0.05) is 26.2 Å². The number of hydrogen-bond donors (Lipinski definition) is 2. The average Bonchev–Trinajstić information content (AvgIpc) is 2.42. The van der Waals surface area contributed by atoms with E-state index in [4.69, 9.17) is 5.73 Å². The zero-order valence-electron chi connectivity index (χ0n) is 12.1. The first-order valence-electron chi connectivity index (χ1n) is 7.22. The number of anilines is 2. The van der Waals surface area contributed by atoms with E-state index in [1.54, 1.807) is 0 Å². The van der Waals surface area contributed by atoms with Gasteiger partial charge in [0, 0.05) is 27.8 Å². The summed E-state index contributed by atoms with van der Waals surface area (Å²) in [6, 6.07) is 6.43. The van der Waals surface area contributed by atoms with Crippen molar-refractivity contribution in [2.24, 2.45) is 0 Å². The minimum atomic E-state index is 0.443. The lowest BCUT2D eigenvalue weighted by atomic mass is 10.1. The molecule has 108 valence electrons. The zero-order valence-corrected chi connectivity index (χ0v) is 13.7. The Bertz CT molecular complexity index is 583. The van der Waals surface area contributed by atoms with Crippen LogP contribution in [0, 0.1) is 0 Å². The van der Waals surface area contributed by atoms with Gasteiger partial charge in [0.15, 0.2) is 0 Å². The maximum Gasteiger partial charge on any atom is 0.0954 e. The maximum absolute atomic E-state index is 6.03. The van der Waals surface area contributed by atoms with Gasteiger partial charge < -0.3 is 11.1 Å². The third kappa shape index (κ3) is 3.63. The summed E-state index contributed by atoms with van der Waals surface area (Å²) in [5, 5.41) is 4.55. The summed E-state index contributed by atoms with van der Waals surface area (Å²) in [7, 11) is 0. The van der Waals surface area contributed by atoms with Crippen molar-refractivity contribution >= 4 is 38.2 Å². The van der Waals surface area contributed by atoms with Gasteiger partial charge in [0.05, 0.1) is 11.2 Å². The predicted octanol–water partition coefficient (Wildman–Crippen LogP) is 4.96. The molecule has 0 fully saturated rings. The Morgan fingerprint density at radius 1 is 1.35 bits per heavy atom. The molecule has 0 saturated carbocycles. The van der Waals surface area contributed by atoms with Crippen molar-refractivity contribution in [3.8, 4) is 0 Å². The summed E-state index contributed by atoms with van der Waals surface area (Å²) in [5.41, 5.74) is 8.80. The summed E-state index contributed by atoms with van der Waals surface area (Å²) < 4.78 is 0.949. The number of nitrogens with one attached hydrogen (secondary N) is 1. The number of nitrogens with two attached hydrogens (primary N) is 1. The molecular formula is C16H22BrN3. The molecule has 20 heavy (non-hydrogen) atoms. The van der Waals surface area contributed by atoms with E-state index in [1.807, 2.05) is 24.4 Å². The van der Waals surface area contributed by atoms with Crippen molar-refractivity contribution < 1.29 is 0 Å². The molecule has 0 aliphatic rings. The summed E-state index contributed by atoms with van der Waals surface area (Å²) in [6.07, 6.45) is 6.80. The van der Waals surface area contributed by atoms with Crippen molar-refractivity contribution in [2.75, 3.05) is 11.1 Å². The van der Waals surface area contributed by atoms with Gasteiger partial charge in [0.1, 0.15) is 0 Å². The highest BCUT2D eigenvalue weighted by Crippen LogP contribution is 2.29. The van der Waals surface area contributed by atoms with Crippen molar-refractivity contribution in [3.05, 3.63) is 28.9 Å². The number of unbranched alkanes of at least 4 members (excludes halogenated alkanes) is 2. The van der Waals surface area contributed by atoms with Gasteiger partial charge in [-0.2, -0.15) is 0 Å². The van der Waals surface area contributed by atoms with Crippen molar-refractivity contribution in [3.63, 3.8) is 0 Å². The van der Waals surface area contributed by atoms with Gasteiger partial charge in [-0.05, 0) is 47.5 Å². The first kappa shape index (κ1) is 15.1. The van der Waals surface area contributed by atoms with Gasteiger partial charge in [0.2, 0.25) is 0 Å². The Balaban J connectivity index is 2.20. The predicted molar refractivity (Wildman–Crippen MR) is 91.1 cm³/mol. The minimum Gasteiger partial charge on any atom is -0.398 e. The second-order valence-corrected chi connectivity index (χ2v) is 6.21. The fourth-order valence-corrected chi connectivity index (χ4v) is 2.70. The van der Waals surface area contributed by atoms with Crippen LogP contribution < -0.4 is 11.1 Å². The standard InChI is InChI=1S/C16H22BrN3/c1-3-4-5-6-11(2)20-15-8-7-14(18)13-9-12(17)10-19-16(13)15/h7-11,20H,3-6,18H2,1-2H3. The van der Waals surface area contributed by atoms with E-state index in [9.17, 15) is 0 Å². The Hall–Kier alpha value is -1.29. The number of hydrogen-bond acceptors (Lipinski definition) is 3. The van der Waals surface area contributed by atoms with E-state index in [1.165, 1.54) is 25.7 Å². The molecule has 0 radical (unpaired) electrons. The first-order valence-corrected chi connectivity index (χ1v) is 8.01. The molecule has 0 spiro atoms. The van der Waals surface area contributed by atoms with Crippen molar-refractivity contribution in [1.82, 2.24) is 4.98 Å². The maximum atomic E-state index is 6.03. The number of rotatable bonds is 6. The first-order chi connectivity index (χ1) is 9.61. The van der Waals surface area contributed by atoms with Gasteiger partial charge in [-0.3, -0.25) is 4.98 Å². The third-order valence-corrected chi connectivity index (χ3v) is 3.93. The molecule has 4 heteroatoms. The molecule has 1 aromatic carbocycles. The lowest BCUT2D eigenvalue weighted by Gasteiger charge is -2.17. The number of nitrogen functional groups attached to an aromatic ring is 1. The number of halogens is 1. The van der Waals surface area contributed by atoms with Crippen molar-refractivity contribution in [1.29, 1.82) is 0 Å². The normalized spacial score (nSPS) is 12.6. The molecule has 1 atom stereocenters. The van der Waals surface area contributed by atoms with Crippen LogP contribution in [0.2, 0.25) is 0 Å². The molecule has 0 amide bonds. The van der Waals surface area contributed by atoms with Crippen LogP contribution in [0.15, 0.2) is 28.9 Å². The molecule has 1 heterocycles. The van der Waals surface area contributed by atoms with Gasteiger partial charge in [-0.15, -0.1) is 0 Å². The van der Waals surface area contributed by atoms with E-state index < -0.39 is 0 Å². The lowest BCUT2D eigenvalue weighted by Crippen LogP contribution is -2.15. The highest BCUT2D eigenvalue weighted by atomic mass is 79.9. The molecular weight excluding hydrogens is 314 g/mol. The molecule has 0 aliphatic carbocycles. The highest BCUT2D eigenvalue weighted by molar-refractivity contribution is 9.10. The molecule has 2 aromatic rings. The van der Waals surface area contributed by atoms with Crippen LogP contribution in [-0.4, -0.2) is 11.0 Å². The lowest BCUT2D eigenvalue weighted by molar-refractivity contribution is 0.615. The molecule has 2 rings (SSSR count). The van der Waals surface area contributed by atoms with Crippen LogP contribution >= 0.6 is 15.9 Å². The highest BCUT2D eigenvalue weighted by Gasteiger charge is 2.09. The summed E-state index contributed by atoms with van der Waals surface area (Å²) in [5.74, 6) is 0. The second-order valence-electron chi connectivity index (χ2n) is 5.29. The number of fused-ring (bicyclic) bond motifs is 1. The Kier molecular flexibility index (Phi) is 5.24. The van der Waals surface area contributed by atoms with Crippen LogP contribution in [0.25, 0.3) is 10.9 Å². The number of pyridine rings is 1. The molecule has 1 aromatic heterocycles. The van der Waals surface area contributed by atoms with Crippen LogP contribution in [0.1, 0.15) is 39.5 Å². The Morgan fingerprint density at radius 2 is 2.15 bits per heavy atom. The molecule has 0 aliphatic heterocycles. The van der Waals surface area contributed by atoms with Crippen LogP contribution in [-0.2, 0) is 0 Å². The molecule has 1 unspecified atom stereocenters. The minimum absolute atomic E-state index is 0.443. The second kappa shape index (κ2) is 6.93. The smallest absolute Gasteiger partial charge is 0.0954 e. The fourth-order valence-electron chi connectivity index (χ4n) is 2.37. The SMILES string of the molecule is CCCCCC(C)Nc1ccc(N)c2cc(Br)cnc12. The number of aromatic nitrogens is 1. The summed E-state index contributed by atoms with van der Waals surface area (Å²) in [4.78, 5) is 4.50. The van der Waals surface area contributed by atoms with Crippen molar-refractivity contribution in [2.45, 2.75) is 45.6 Å². The zero-order chi connectivity index (χ0) is 14.5. The molecule has 3 N–H and O–H groups in total. The topological polar surface area (TPSA) is 50.9 Å². The van der Waals surface area contributed by atoms with Crippen LogP contribution in [0.5, 0.6) is 0 Å². The Morgan fingerprint density at radius 3 is 2.90 bits per heavy atom. The average molecular weight is 336 g/mol. The van der Waals surface area contributed by atoms with Gasteiger partial charge in [0.25, 0.3) is 0 Å². The molecule has 0 saturated heterocycles. The third-order valence-electron chi connectivity index (χ3n) is 3.49.